The van der Waals surface area contributed by atoms with E-state index in [4.69, 9.17) is 5.11 Å². The zero-order valence-corrected chi connectivity index (χ0v) is 12.4. The van der Waals surface area contributed by atoms with Crippen LogP contribution in [0.1, 0.15) is 12.8 Å². The number of hydrogen-bond donors (Lipinski definition) is 2. The summed E-state index contributed by atoms with van der Waals surface area (Å²) in [6.45, 7) is 0.343. The summed E-state index contributed by atoms with van der Waals surface area (Å²) >= 11 is 3.19. The highest BCUT2D eigenvalue weighted by atomic mass is 79.9. The average molecular weight is 358 g/mol. The van der Waals surface area contributed by atoms with Gasteiger partial charge in [0, 0.05) is 23.2 Å². The first-order chi connectivity index (χ1) is 9.90. The Morgan fingerprint density at radius 3 is 2.81 bits per heavy atom. The number of amides is 2. The maximum Gasteiger partial charge on any atom is 0.326 e. The number of non-ortho nitro benzene ring substituents is 1. The van der Waals surface area contributed by atoms with Gasteiger partial charge < -0.3 is 15.3 Å². The third-order valence-corrected chi connectivity index (χ3v) is 3.89. The van der Waals surface area contributed by atoms with Crippen molar-refractivity contribution in [2.24, 2.45) is 0 Å². The topological polar surface area (TPSA) is 113 Å². The van der Waals surface area contributed by atoms with Crippen LogP contribution in [0.5, 0.6) is 0 Å². The summed E-state index contributed by atoms with van der Waals surface area (Å²) in [5, 5.41) is 22.3. The fraction of sp³-hybridized carbons (Fsp3) is 0.333. The Balaban J connectivity index is 2.18. The van der Waals surface area contributed by atoms with Crippen LogP contribution in [-0.4, -0.2) is 39.5 Å². The van der Waals surface area contributed by atoms with Crippen LogP contribution < -0.4 is 5.32 Å². The van der Waals surface area contributed by atoms with E-state index in [1.165, 1.54) is 23.1 Å². The third kappa shape index (κ3) is 3.30. The molecule has 2 rings (SSSR count). The summed E-state index contributed by atoms with van der Waals surface area (Å²) in [7, 11) is 0. The van der Waals surface area contributed by atoms with Crippen molar-refractivity contribution < 1.29 is 19.6 Å². The largest absolute Gasteiger partial charge is 0.480 e. The normalized spacial score (nSPS) is 17.6. The van der Waals surface area contributed by atoms with Crippen molar-refractivity contribution in [2.45, 2.75) is 18.9 Å². The van der Waals surface area contributed by atoms with E-state index in [0.29, 0.717) is 23.9 Å². The molecule has 0 spiro atoms. The Morgan fingerprint density at radius 2 is 2.19 bits per heavy atom. The van der Waals surface area contributed by atoms with Crippen LogP contribution in [-0.2, 0) is 4.79 Å². The monoisotopic (exact) mass is 357 g/mol. The van der Waals surface area contributed by atoms with Gasteiger partial charge in [0.1, 0.15) is 6.04 Å². The lowest BCUT2D eigenvalue weighted by Gasteiger charge is -2.22. The van der Waals surface area contributed by atoms with Gasteiger partial charge in [-0.15, -0.1) is 0 Å². The van der Waals surface area contributed by atoms with Crippen LogP contribution >= 0.6 is 15.9 Å². The van der Waals surface area contributed by atoms with Crippen molar-refractivity contribution in [3.63, 3.8) is 0 Å². The number of nitrogens with one attached hydrogen (secondary N) is 1. The van der Waals surface area contributed by atoms with Gasteiger partial charge in [0.2, 0.25) is 0 Å². The molecule has 9 heteroatoms. The Bertz CT molecular complexity index is 607. The fourth-order valence-electron chi connectivity index (χ4n) is 2.18. The zero-order valence-electron chi connectivity index (χ0n) is 10.8. The molecule has 8 nitrogen and oxygen atoms in total. The molecule has 21 heavy (non-hydrogen) atoms. The molecule has 0 unspecified atom stereocenters. The SMILES string of the molecule is O=C(O)[C@@H]1CCCN1C(=O)Nc1cc([N+](=O)[O-])ccc1Br. The maximum atomic E-state index is 12.1. The minimum absolute atomic E-state index is 0.162. The molecule has 1 aromatic rings. The Hall–Kier alpha value is -2.16. The van der Waals surface area contributed by atoms with E-state index >= 15 is 0 Å². The van der Waals surface area contributed by atoms with E-state index in [-0.39, 0.29) is 11.4 Å². The highest BCUT2D eigenvalue weighted by Crippen LogP contribution is 2.28. The van der Waals surface area contributed by atoms with Gasteiger partial charge in [-0.25, -0.2) is 9.59 Å². The molecular formula is C12H12BrN3O5. The van der Waals surface area contributed by atoms with Crippen LogP contribution in [0.4, 0.5) is 16.2 Å². The second kappa shape index (κ2) is 6.08. The number of nitro benzene ring substituents is 1. The minimum atomic E-state index is -1.05. The number of benzene rings is 1. The van der Waals surface area contributed by atoms with E-state index in [2.05, 4.69) is 21.2 Å². The molecule has 1 heterocycles. The number of urea groups is 1. The summed E-state index contributed by atoms with van der Waals surface area (Å²) in [5.74, 6) is -1.05. The third-order valence-electron chi connectivity index (χ3n) is 3.20. The summed E-state index contributed by atoms with van der Waals surface area (Å²) < 4.78 is 0.479. The number of carbonyl (C=O) groups is 2. The lowest BCUT2D eigenvalue weighted by Crippen LogP contribution is -2.42. The predicted molar refractivity (Wildman–Crippen MR) is 77.2 cm³/mol. The van der Waals surface area contributed by atoms with Gasteiger partial charge in [0.15, 0.2) is 0 Å². The van der Waals surface area contributed by atoms with Crippen LogP contribution in [0.15, 0.2) is 22.7 Å². The molecule has 2 N–H and O–H groups in total. The lowest BCUT2D eigenvalue weighted by molar-refractivity contribution is -0.384. The van der Waals surface area contributed by atoms with Crippen molar-refractivity contribution in [1.82, 2.24) is 4.90 Å². The number of nitrogens with zero attached hydrogens (tertiary/aromatic N) is 2. The number of likely N-dealkylation sites (tertiary alicyclic amines) is 1. The first-order valence-electron chi connectivity index (χ1n) is 6.14. The molecule has 1 aromatic carbocycles. The maximum absolute atomic E-state index is 12.1. The molecule has 1 fully saturated rings. The lowest BCUT2D eigenvalue weighted by atomic mass is 10.2. The molecule has 0 saturated carbocycles. The fourth-order valence-corrected chi connectivity index (χ4v) is 2.52. The van der Waals surface area contributed by atoms with Crippen LogP contribution in [0.25, 0.3) is 0 Å². The molecule has 0 aliphatic carbocycles. The van der Waals surface area contributed by atoms with Crippen LogP contribution in [0, 0.1) is 10.1 Å². The van der Waals surface area contributed by atoms with E-state index in [1.807, 2.05) is 0 Å². The predicted octanol–water partition coefficient (Wildman–Crippen LogP) is 2.44. The van der Waals surface area contributed by atoms with Crippen LogP contribution in [0.3, 0.4) is 0 Å². The summed E-state index contributed by atoms with van der Waals surface area (Å²) in [6, 6.07) is 2.53. The zero-order chi connectivity index (χ0) is 15.6. The van der Waals surface area contributed by atoms with E-state index in [0.717, 1.165) is 0 Å². The Labute approximate surface area is 128 Å². The minimum Gasteiger partial charge on any atom is -0.480 e. The van der Waals surface area contributed by atoms with Gasteiger partial charge in [-0.1, -0.05) is 0 Å². The molecule has 1 atom stereocenters. The number of hydrogen-bond acceptors (Lipinski definition) is 4. The second-order valence-corrected chi connectivity index (χ2v) is 5.40. The number of aliphatic carboxylic acids is 1. The van der Waals surface area contributed by atoms with Gasteiger partial charge >= 0.3 is 12.0 Å². The molecule has 1 saturated heterocycles. The van der Waals surface area contributed by atoms with E-state index in [9.17, 15) is 19.7 Å². The smallest absolute Gasteiger partial charge is 0.326 e. The second-order valence-electron chi connectivity index (χ2n) is 4.54. The molecule has 0 radical (unpaired) electrons. The van der Waals surface area contributed by atoms with Gasteiger partial charge in [0.05, 0.1) is 10.6 Å². The van der Waals surface area contributed by atoms with E-state index < -0.39 is 23.0 Å². The van der Waals surface area contributed by atoms with Crippen molar-refractivity contribution in [3.05, 3.63) is 32.8 Å². The Morgan fingerprint density at radius 1 is 1.48 bits per heavy atom. The van der Waals surface area contributed by atoms with Gasteiger partial charge in [-0.2, -0.15) is 0 Å². The van der Waals surface area contributed by atoms with Crippen LogP contribution in [0.2, 0.25) is 0 Å². The number of anilines is 1. The number of carbonyl (C=O) groups excluding carboxylic acids is 1. The van der Waals surface area contributed by atoms with Gasteiger partial charge in [-0.05, 0) is 34.8 Å². The molecule has 0 bridgehead atoms. The van der Waals surface area contributed by atoms with E-state index in [1.54, 1.807) is 0 Å². The molecular weight excluding hydrogens is 346 g/mol. The van der Waals surface area contributed by atoms with Crippen molar-refractivity contribution >= 4 is 39.3 Å². The standard InChI is InChI=1S/C12H12BrN3O5/c13-8-4-3-7(16(20)21)6-9(8)14-12(19)15-5-1-2-10(15)11(17)18/h3-4,6,10H,1-2,5H2,(H,14,19)(H,17,18)/t10-/m0/s1. The number of carboxylic acid groups (broad SMARTS) is 1. The van der Waals surface area contributed by atoms with Gasteiger partial charge in [-0.3, -0.25) is 10.1 Å². The molecule has 2 amide bonds. The number of rotatable bonds is 3. The highest BCUT2D eigenvalue weighted by molar-refractivity contribution is 9.10. The summed E-state index contributed by atoms with van der Waals surface area (Å²) in [5.41, 5.74) is 0.0648. The van der Waals surface area contributed by atoms with Gasteiger partial charge in [0.25, 0.3) is 5.69 Å². The van der Waals surface area contributed by atoms with Crippen molar-refractivity contribution in [3.8, 4) is 0 Å². The average Bonchev–Trinajstić information content (AvgIpc) is 2.90. The molecule has 1 aliphatic heterocycles. The number of nitro groups is 1. The molecule has 112 valence electrons. The number of halogens is 1. The first-order valence-corrected chi connectivity index (χ1v) is 6.94. The summed E-state index contributed by atoms with van der Waals surface area (Å²) in [6.07, 6.45) is 1.01. The van der Waals surface area contributed by atoms with Crippen molar-refractivity contribution in [1.29, 1.82) is 0 Å². The quantitative estimate of drug-likeness (QED) is 0.637. The number of carboxylic acids is 1. The summed E-state index contributed by atoms with van der Waals surface area (Å²) in [4.78, 5) is 34.6. The first kappa shape index (κ1) is 15.2. The Kier molecular flexibility index (Phi) is 4.41. The molecule has 0 aromatic heterocycles. The highest BCUT2D eigenvalue weighted by Gasteiger charge is 2.34. The molecule has 1 aliphatic rings. The van der Waals surface area contributed by atoms with Crippen molar-refractivity contribution in [2.75, 3.05) is 11.9 Å².